The van der Waals surface area contributed by atoms with Crippen molar-refractivity contribution in [3.8, 4) is 0 Å². The number of nitrogens with zero attached hydrogens (tertiary/aromatic N) is 4. The Morgan fingerprint density at radius 2 is 2.04 bits per heavy atom. The molecule has 1 spiro atoms. The van der Waals surface area contributed by atoms with Crippen LogP contribution in [-0.4, -0.2) is 71.9 Å². The number of morpholine rings is 1. The average Bonchev–Trinajstić information content (AvgIpc) is 3.17. The van der Waals surface area contributed by atoms with Crippen LogP contribution in [0.15, 0.2) is 18.5 Å². The molecular formula is C17H24N4O3. The van der Waals surface area contributed by atoms with Gasteiger partial charge in [0.2, 0.25) is 5.95 Å². The van der Waals surface area contributed by atoms with Crippen LogP contribution in [0.5, 0.6) is 0 Å². The van der Waals surface area contributed by atoms with E-state index in [4.69, 9.17) is 9.47 Å². The minimum Gasteiger partial charge on any atom is -0.369 e. The maximum absolute atomic E-state index is 12.7. The molecule has 4 rings (SSSR count). The highest BCUT2D eigenvalue weighted by molar-refractivity contribution is 5.81. The second kappa shape index (κ2) is 6.64. The molecule has 0 N–H and O–H groups in total. The van der Waals surface area contributed by atoms with E-state index in [9.17, 15) is 4.79 Å². The van der Waals surface area contributed by atoms with Gasteiger partial charge in [-0.05, 0) is 31.7 Å². The summed E-state index contributed by atoms with van der Waals surface area (Å²) in [7, 11) is 0. The highest BCUT2D eigenvalue weighted by Gasteiger charge is 2.43. The minimum atomic E-state index is -0.316. The number of hydrogen-bond acceptors (Lipinski definition) is 6. The topological polar surface area (TPSA) is 67.8 Å². The van der Waals surface area contributed by atoms with E-state index < -0.39 is 0 Å². The van der Waals surface area contributed by atoms with Gasteiger partial charge < -0.3 is 19.3 Å². The van der Waals surface area contributed by atoms with Crippen LogP contribution < -0.4 is 4.90 Å². The second-order valence-corrected chi connectivity index (χ2v) is 6.87. The zero-order valence-electron chi connectivity index (χ0n) is 13.9. The van der Waals surface area contributed by atoms with Gasteiger partial charge in [0.15, 0.2) is 0 Å². The highest BCUT2D eigenvalue weighted by atomic mass is 16.5. The summed E-state index contributed by atoms with van der Waals surface area (Å²) in [6.45, 7) is 4.23. The zero-order valence-corrected chi connectivity index (χ0v) is 13.9. The van der Waals surface area contributed by atoms with Gasteiger partial charge in [0.1, 0.15) is 11.7 Å². The fraction of sp³-hybridized carbons (Fsp3) is 0.706. The number of amides is 1. The SMILES string of the molecule is O=C([C@H]1CCCO1)N1CCO[C@]2(CCCN(c3ncccn3)C2)C1. The first-order valence-corrected chi connectivity index (χ1v) is 8.82. The van der Waals surface area contributed by atoms with E-state index in [0.29, 0.717) is 26.3 Å². The number of rotatable bonds is 2. The lowest BCUT2D eigenvalue weighted by atomic mass is 9.90. The summed E-state index contributed by atoms with van der Waals surface area (Å²) in [4.78, 5) is 25.5. The standard InChI is InChI=1S/C17H24N4O3/c22-15(14-4-1-10-23-14)20-9-11-24-17(12-20)5-2-8-21(13-17)16-18-6-3-7-19-16/h3,6-7,14H,1-2,4-5,8-13H2/t14-,17-/m1/s1. The van der Waals surface area contributed by atoms with Gasteiger partial charge in [-0.2, -0.15) is 0 Å². The van der Waals surface area contributed by atoms with E-state index in [1.807, 2.05) is 11.0 Å². The first-order chi connectivity index (χ1) is 11.8. The lowest BCUT2D eigenvalue weighted by Gasteiger charge is -2.48. The van der Waals surface area contributed by atoms with Gasteiger partial charge in [-0.1, -0.05) is 0 Å². The van der Waals surface area contributed by atoms with Crippen molar-refractivity contribution in [2.45, 2.75) is 37.4 Å². The van der Waals surface area contributed by atoms with Gasteiger partial charge in [-0.25, -0.2) is 9.97 Å². The molecule has 0 unspecified atom stereocenters. The molecule has 3 aliphatic rings. The maximum atomic E-state index is 12.7. The third-order valence-corrected chi connectivity index (χ3v) is 5.14. The summed E-state index contributed by atoms with van der Waals surface area (Å²) in [5.74, 6) is 0.867. The average molecular weight is 332 g/mol. The van der Waals surface area contributed by atoms with E-state index in [1.165, 1.54) is 0 Å². The molecule has 2 atom stereocenters. The van der Waals surface area contributed by atoms with E-state index in [2.05, 4.69) is 14.9 Å². The summed E-state index contributed by atoms with van der Waals surface area (Å²) in [5, 5.41) is 0. The Morgan fingerprint density at radius 1 is 1.17 bits per heavy atom. The van der Waals surface area contributed by atoms with E-state index in [-0.39, 0.29) is 17.6 Å². The molecule has 1 aromatic rings. The molecule has 0 aromatic carbocycles. The Kier molecular flexibility index (Phi) is 4.37. The first-order valence-electron chi connectivity index (χ1n) is 8.82. The lowest BCUT2D eigenvalue weighted by molar-refractivity contribution is -0.160. The molecule has 7 heteroatoms. The molecular weight excluding hydrogens is 308 g/mol. The van der Waals surface area contributed by atoms with Crippen molar-refractivity contribution >= 4 is 11.9 Å². The smallest absolute Gasteiger partial charge is 0.251 e. The maximum Gasteiger partial charge on any atom is 0.251 e. The summed E-state index contributed by atoms with van der Waals surface area (Å²) >= 11 is 0. The van der Waals surface area contributed by atoms with Gasteiger partial charge in [0.25, 0.3) is 5.91 Å². The van der Waals surface area contributed by atoms with Crippen molar-refractivity contribution < 1.29 is 14.3 Å². The van der Waals surface area contributed by atoms with Crippen molar-refractivity contribution in [1.82, 2.24) is 14.9 Å². The van der Waals surface area contributed by atoms with E-state index in [0.717, 1.165) is 44.7 Å². The number of anilines is 1. The highest BCUT2D eigenvalue weighted by Crippen LogP contribution is 2.31. The molecule has 0 bridgehead atoms. The largest absolute Gasteiger partial charge is 0.369 e. The van der Waals surface area contributed by atoms with Crippen LogP contribution >= 0.6 is 0 Å². The predicted octanol–water partition coefficient (Wildman–Crippen LogP) is 0.853. The summed E-state index contributed by atoms with van der Waals surface area (Å²) < 4.78 is 11.7. The predicted molar refractivity (Wildman–Crippen MR) is 87.7 cm³/mol. The number of hydrogen-bond donors (Lipinski definition) is 0. The third kappa shape index (κ3) is 3.10. The Hall–Kier alpha value is -1.73. The van der Waals surface area contributed by atoms with Crippen LogP contribution in [0.1, 0.15) is 25.7 Å². The van der Waals surface area contributed by atoms with E-state index in [1.54, 1.807) is 12.4 Å². The third-order valence-electron chi connectivity index (χ3n) is 5.14. The number of ether oxygens (including phenoxy) is 2. The van der Waals surface area contributed by atoms with Gasteiger partial charge >= 0.3 is 0 Å². The number of carbonyl (C=O) groups is 1. The van der Waals surface area contributed by atoms with E-state index >= 15 is 0 Å². The van der Waals surface area contributed by atoms with Crippen LogP contribution in [0.3, 0.4) is 0 Å². The van der Waals surface area contributed by atoms with Crippen LogP contribution in [0.2, 0.25) is 0 Å². The van der Waals surface area contributed by atoms with Crippen molar-refractivity contribution in [3.05, 3.63) is 18.5 Å². The first kappa shape index (κ1) is 15.8. The number of aromatic nitrogens is 2. The molecule has 24 heavy (non-hydrogen) atoms. The summed E-state index contributed by atoms with van der Waals surface area (Å²) in [5.41, 5.74) is -0.316. The van der Waals surface area contributed by atoms with Crippen molar-refractivity contribution in [2.24, 2.45) is 0 Å². The molecule has 3 aliphatic heterocycles. The number of carbonyl (C=O) groups excluding carboxylic acids is 1. The molecule has 130 valence electrons. The van der Waals surface area contributed by atoms with Crippen LogP contribution in [0.25, 0.3) is 0 Å². The van der Waals surface area contributed by atoms with Crippen molar-refractivity contribution in [2.75, 3.05) is 44.3 Å². The van der Waals surface area contributed by atoms with Crippen molar-refractivity contribution in [1.29, 1.82) is 0 Å². The van der Waals surface area contributed by atoms with Gasteiger partial charge in [-0.15, -0.1) is 0 Å². The molecule has 0 aliphatic carbocycles. The molecule has 4 heterocycles. The van der Waals surface area contributed by atoms with Crippen LogP contribution in [0, 0.1) is 0 Å². The summed E-state index contributed by atoms with van der Waals surface area (Å²) in [6.07, 6.45) is 7.07. The quantitative estimate of drug-likeness (QED) is 0.800. The molecule has 0 radical (unpaired) electrons. The van der Waals surface area contributed by atoms with Gasteiger partial charge in [0, 0.05) is 32.1 Å². The number of piperidine rings is 1. The monoisotopic (exact) mass is 332 g/mol. The normalized spacial score (nSPS) is 30.8. The fourth-order valence-corrected chi connectivity index (χ4v) is 3.98. The Balaban J connectivity index is 1.46. The molecule has 0 saturated carbocycles. The van der Waals surface area contributed by atoms with Crippen LogP contribution in [0.4, 0.5) is 5.95 Å². The summed E-state index contributed by atoms with van der Waals surface area (Å²) in [6, 6.07) is 1.82. The molecule has 3 saturated heterocycles. The Morgan fingerprint density at radius 3 is 2.83 bits per heavy atom. The van der Waals surface area contributed by atoms with Crippen LogP contribution in [-0.2, 0) is 14.3 Å². The van der Waals surface area contributed by atoms with Gasteiger partial charge in [0.05, 0.1) is 19.7 Å². The zero-order chi connectivity index (χ0) is 16.4. The fourth-order valence-electron chi connectivity index (χ4n) is 3.98. The Labute approximate surface area is 142 Å². The molecule has 7 nitrogen and oxygen atoms in total. The Bertz CT molecular complexity index is 574. The second-order valence-electron chi connectivity index (χ2n) is 6.87. The minimum absolute atomic E-state index is 0.128. The lowest BCUT2D eigenvalue weighted by Crippen LogP contribution is -2.62. The molecule has 3 fully saturated rings. The van der Waals surface area contributed by atoms with Gasteiger partial charge in [-0.3, -0.25) is 4.79 Å². The molecule has 1 aromatic heterocycles. The van der Waals surface area contributed by atoms with Crippen molar-refractivity contribution in [3.63, 3.8) is 0 Å². The molecule has 1 amide bonds.